The molecule has 1 saturated heterocycles. The number of hydrogen-bond donors (Lipinski definition) is 1. The lowest BCUT2D eigenvalue weighted by Crippen LogP contribution is -2.30. The largest absolute Gasteiger partial charge is 0.463 e. The van der Waals surface area contributed by atoms with E-state index in [0.29, 0.717) is 5.02 Å². The highest BCUT2D eigenvalue weighted by Crippen LogP contribution is 2.29. The zero-order chi connectivity index (χ0) is 26.7. The zero-order valence-electron chi connectivity index (χ0n) is 18.9. The lowest BCUT2D eigenvalue weighted by Gasteiger charge is -2.10. The second kappa shape index (κ2) is 10.3. The van der Waals surface area contributed by atoms with Crippen molar-refractivity contribution in [1.29, 1.82) is 0 Å². The minimum absolute atomic E-state index is 0.00649. The molecule has 2 aromatic carbocycles. The van der Waals surface area contributed by atoms with Gasteiger partial charge in [-0.15, -0.1) is 0 Å². The highest BCUT2D eigenvalue weighted by atomic mass is 35.5. The van der Waals surface area contributed by atoms with Gasteiger partial charge in [0.15, 0.2) is 0 Å². The number of nitrogens with zero attached hydrogens (tertiary/aromatic N) is 2. The van der Waals surface area contributed by atoms with Crippen LogP contribution in [0, 0.1) is 10.1 Å². The normalized spacial score (nSPS) is 14.0. The number of nitro groups is 1. The Labute approximate surface area is 213 Å². The molecule has 1 N–H and O–H groups in total. The van der Waals surface area contributed by atoms with Crippen LogP contribution in [0.2, 0.25) is 5.02 Å². The number of carbonyl (C=O) groups is 4. The molecule has 0 atom stereocenters. The highest BCUT2D eigenvalue weighted by molar-refractivity contribution is 6.30. The second-order valence-corrected chi connectivity index (χ2v) is 7.95. The van der Waals surface area contributed by atoms with Crippen LogP contribution in [-0.2, 0) is 16.1 Å². The van der Waals surface area contributed by atoms with E-state index in [4.69, 9.17) is 20.8 Å². The molecular formula is C24H16ClN3O9. The summed E-state index contributed by atoms with van der Waals surface area (Å²) in [6.45, 7) is -0.299. The number of nitrogens with one attached hydrogen (secondary N) is 1. The van der Waals surface area contributed by atoms with Crippen LogP contribution in [0.15, 0.2) is 64.7 Å². The molecule has 0 radical (unpaired) electrons. The molecule has 188 valence electrons. The zero-order valence-corrected chi connectivity index (χ0v) is 19.7. The molecular weight excluding hydrogens is 510 g/mol. The Hall–Kier alpha value is -4.97. The van der Waals surface area contributed by atoms with Crippen LogP contribution >= 0.6 is 11.6 Å². The van der Waals surface area contributed by atoms with Gasteiger partial charge >= 0.3 is 18.0 Å². The maximum absolute atomic E-state index is 12.9. The number of esters is 2. The van der Waals surface area contributed by atoms with E-state index in [-0.39, 0.29) is 46.3 Å². The molecule has 37 heavy (non-hydrogen) atoms. The standard InChI is InChI=1S/C24H16ClN3O9/c1-35-23(31)20-9-7-17(36-20)12-27-21(29)18(26-24(27)32)11-14-10-16(28(33)34)6-8-19(14)37-22(30)13-2-4-15(25)5-3-13/h2-11H,12H2,1H3,(H,26,32)/b18-11-. The van der Waals surface area contributed by atoms with Gasteiger partial charge in [0.2, 0.25) is 5.76 Å². The molecule has 12 nitrogen and oxygen atoms in total. The first-order valence-electron chi connectivity index (χ1n) is 10.4. The second-order valence-electron chi connectivity index (χ2n) is 7.51. The predicted octanol–water partition coefficient (Wildman–Crippen LogP) is 3.94. The van der Waals surface area contributed by atoms with Crippen LogP contribution in [0.1, 0.15) is 32.2 Å². The number of furan rings is 1. The number of carbonyl (C=O) groups excluding carboxylic acids is 4. The van der Waals surface area contributed by atoms with Crippen molar-refractivity contribution in [1.82, 2.24) is 10.2 Å². The number of urea groups is 1. The van der Waals surface area contributed by atoms with E-state index in [1.54, 1.807) is 0 Å². The first-order valence-corrected chi connectivity index (χ1v) is 10.8. The Morgan fingerprint density at radius 1 is 1.11 bits per heavy atom. The molecule has 0 aliphatic carbocycles. The fourth-order valence-corrected chi connectivity index (χ4v) is 3.43. The van der Waals surface area contributed by atoms with E-state index in [2.05, 4.69) is 10.1 Å². The summed E-state index contributed by atoms with van der Waals surface area (Å²) < 4.78 is 15.2. The Morgan fingerprint density at radius 2 is 1.84 bits per heavy atom. The Kier molecular flexibility index (Phi) is 7.02. The van der Waals surface area contributed by atoms with Crippen LogP contribution in [0.5, 0.6) is 5.75 Å². The lowest BCUT2D eigenvalue weighted by atomic mass is 10.1. The monoisotopic (exact) mass is 525 g/mol. The van der Waals surface area contributed by atoms with Gasteiger partial charge in [-0.25, -0.2) is 14.4 Å². The first kappa shape index (κ1) is 25.1. The number of methoxy groups -OCH3 is 1. The summed E-state index contributed by atoms with van der Waals surface area (Å²) >= 11 is 5.83. The third kappa shape index (κ3) is 5.49. The molecule has 1 fully saturated rings. The molecule has 0 unspecified atom stereocenters. The molecule has 0 saturated carbocycles. The van der Waals surface area contributed by atoms with Crippen LogP contribution in [-0.4, -0.2) is 40.8 Å². The maximum Gasteiger partial charge on any atom is 0.373 e. The third-order valence-electron chi connectivity index (χ3n) is 5.11. The van der Waals surface area contributed by atoms with Crippen LogP contribution in [0.4, 0.5) is 10.5 Å². The summed E-state index contributed by atoms with van der Waals surface area (Å²) in [7, 11) is 1.17. The Bertz CT molecular complexity index is 1460. The van der Waals surface area contributed by atoms with Gasteiger partial charge < -0.3 is 19.2 Å². The van der Waals surface area contributed by atoms with E-state index >= 15 is 0 Å². The van der Waals surface area contributed by atoms with E-state index in [1.165, 1.54) is 49.6 Å². The summed E-state index contributed by atoms with van der Waals surface area (Å²) in [5, 5.41) is 14.1. The van der Waals surface area contributed by atoms with Crippen molar-refractivity contribution in [2.24, 2.45) is 0 Å². The van der Waals surface area contributed by atoms with Crippen molar-refractivity contribution in [3.63, 3.8) is 0 Å². The predicted molar refractivity (Wildman–Crippen MR) is 127 cm³/mol. The van der Waals surface area contributed by atoms with Gasteiger partial charge in [-0.2, -0.15) is 0 Å². The van der Waals surface area contributed by atoms with Gasteiger partial charge in [-0.3, -0.25) is 19.8 Å². The van der Waals surface area contributed by atoms with Gasteiger partial charge in [0.25, 0.3) is 11.6 Å². The van der Waals surface area contributed by atoms with Crippen LogP contribution in [0.25, 0.3) is 6.08 Å². The quantitative estimate of drug-likeness (QED) is 0.120. The SMILES string of the molecule is COC(=O)c1ccc(CN2C(=O)N/C(=C\c3cc([N+](=O)[O-])ccc3OC(=O)c3ccc(Cl)cc3)C2=O)o1. The number of non-ortho nitro benzene ring substituents is 1. The summed E-state index contributed by atoms with van der Waals surface area (Å²) in [4.78, 5) is 60.9. The first-order chi connectivity index (χ1) is 17.7. The van der Waals surface area contributed by atoms with Gasteiger partial charge in [-0.1, -0.05) is 11.6 Å². The molecule has 3 amide bonds. The smallest absolute Gasteiger partial charge is 0.373 e. The summed E-state index contributed by atoms with van der Waals surface area (Å²) in [6.07, 6.45) is 1.15. The third-order valence-corrected chi connectivity index (χ3v) is 5.36. The number of ether oxygens (including phenoxy) is 2. The van der Waals surface area contributed by atoms with E-state index in [1.807, 2.05) is 0 Å². The molecule has 1 aliphatic heterocycles. The van der Waals surface area contributed by atoms with Crippen molar-refractivity contribution in [3.05, 3.63) is 98.1 Å². The van der Waals surface area contributed by atoms with Gasteiger partial charge in [0.05, 0.1) is 24.1 Å². The minimum atomic E-state index is -0.794. The average Bonchev–Trinajstić information content (AvgIpc) is 3.45. The number of halogens is 1. The molecule has 3 aromatic rings. The topological polar surface area (TPSA) is 158 Å². The number of hydrogen-bond acceptors (Lipinski definition) is 9. The average molecular weight is 526 g/mol. The van der Waals surface area contributed by atoms with Crippen molar-refractivity contribution >= 4 is 47.2 Å². The summed E-state index contributed by atoms with van der Waals surface area (Å²) in [5.74, 6) is -2.33. The van der Waals surface area contributed by atoms with E-state index in [0.717, 1.165) is 23.1 Å². The van der Waals surface area contributed by atoms with Crippen molar-refractivity contribution in [2.45, 2.75) is 6.54 Å². The highest BCUT2D eigenvalue weighted by Gasteiger charge is 2.35. The number of amides is 3. The number of nitro benzene ring substituents is 1. The van der Waals surface area contributed by atoms with Crippen molar-refractivity contribution in [2.75, 3.05) is 7.11 Å². The van der Waals surface area contributed by atoms with E-state index in [9.17, 15) is 29.3 Å². The van der Waals surface area contributed by atoms with Gasteiger partial charge in [0, 0.05) is 22.7 Å². The number of rotatable bonds is 7. The van der Waals surface area contributed by atoms with Crippen molar-refractivity contribution < 1.29 is 38.0 Å². The fourth-order valence-electron chi connectivity index (χ4n) is 3.30. The molecule has 2 heterocycles. The molecule has 0 spiro atoms. The Morgan fingerprint density at radius 3 is 2.51 bits per heavy atom. The van der Waals surface area contributed by atoms with Gasteiger partial charge in [0.1, 0.15) is 17.2 Å². The molecule has 1 aliphatic rings. The van der Waals surface area contributed by atoms with E-state index < -0.39 is 28.8 Å². The van der Waals surface area contributed by atoms with Crippen LogP contribution < -0.4 is 10.1 Å². The Balaban J connectivity index is 1.61. The minimum Gasteiger partial charge on any atom is -0.463 e. The van der Waals surface area contributed by atoms with Crippen molar-refractivity contribution in [3.8, 4) is 5.75 Å². The molecule has 13 heteroatoms. The number of imide groups is 1. The molecule has 4 rings (SSSR count). The lowest BCUT2D eigenvalue weighted by molar-refractivity contribution is -0.384. The van der Waals surface area contributed by atoms with Gasteiger partial charge in [-0.05, 0) is 48.5 Å². The van der Waals surface area contributed by atoms with Crippen LogP contribution in [0.3, 0.4) is 0 Å². The maximum atomic E-state index is 12.9. The summed E-state index contributed by atoms with van der Waals surface area (Å²) in [5.41, 5.74) is -0.401. The fraction of sp³-hybridized carbons (Fsp3) is 0.0833. The molecule has 1 aromatic heterocycles. The number of benzene rings is 2. The molecule has 0 bridgehead atoms. The summed E-state index contributed by atoms with van der Waals surface area (Å²) in [6, 6.07) is 11.2.